The summed E-state index contributed by atoms with van der Waals surface area (Å²) in [7, 11) is 3.05. The summed E-state index contributed by atoms with van der Waals surface area (Å²) in [4.78, 5) is 17.8. The van der Waals surface area contributed by atoms with Crippen LogP contribution < -0.4 is 10.1 Å². The molecule has 0 fully saturated rings. The molecule has 0 radical (unpaired) electrons. The Morgan fingerprint density at radius 3 is 2.80 bits per heavy atom. The van der Waals surface area contributed by atoms with Gasteiger partial charge in [0.25, 0.3) is 0 Å². The Bertz CT molecular complexity index is 718. The van der Waals surface area contributed by atoms with E-state index in [0.29, 0.717) is 30.2 Å². The van der Waals surface area contributed by atoms with Crippen molar-refractivity contribution in [3.05, 3.63) is 41.3 Å². The second-order valence-electron chi connectivity index (χ2n) is 6.01. The van der Waals surface area contributed by atoms with Crippen LogP contribution in [0.15, 0.2) is 22.7 Å². The van der Waals surface area contributed by atoms with Crippen molar-refractivity contribution in [3.63, 3.8) is 0 Å². The van der Waals surface area contributed by atoms with Gasteiger partial charge < -0.3 is 19.5 Å². The number of nitrogens with one attached hydrogen (secondary N) is 1. The van der Waals surface area contributed by atoms with Crippen molar-refractivity contribution in [1.29, 1.82) is 0 Å². The zero-order chi connectivity index (χ0) is 18.4. The molecule has 0 unspecified atom stereocenters. The summed E-state index contributed by atoms with van der Waals surface area (Å²) in [6.45, 7) is 4.62. The van der Waals surface area contributed by atoms with Gasteiger partial charge in [0.2, 0.25) is 5.89 Å². The lowest BCUT2D eigenvalue weighted by Gasteiger charge is -2.18. The molecule has 136 valence electrons. The fourth-order valence-electron chi connectivity index (χ4n) is 2.17. The van der Waals surface area contributed by atoms with Crippen LogP contribution in [-0.4, -0.2) is 41.8 Å². The molecule has 0 saturated heterocycles. The van der Waals surface area contributed by atoms with Gasteiger partial charge in [-0.05, 0) is 17.7 Å². The number of hydrogen-bond acceptors (Lipinski definition) is 5. The number of rotatable bonds is 7. The van der Waals surface area contributed by atoms with E-state index in [9.17, 15) is 9.18 Å². The van der Waals surface area contributed by atoms with Gasteiger partial charge >= 0.3 is 6.03 Å². The van der Waals surface area contributed by atoms with Gasteiger partial charge in [-0.25, -0.2) is 9.18 Å². The van der Waals surface area contributed by atoms with Gasteiger partial charge in [-0.1, -0.05) is 25.1 Å². The highest BCUT2D eigenvalue weighted by molar-refractivity contribution is 5.73. The largest absolute Gasteiger partial charge is 0.494 e. The van der Waals surface area contributed by atoms with E-state index in [4.69, 9.17) is 9.26 Å². The van der Waals surface area contributed by atoms with Gasteiger partial charge in [-0.15, -0.1) is 0 Å². The first-order valence-electron chi connectivity index (χ1n) is 8.04. The minimum Gasteiger partial charge on any atom is -0.494 e. The number of benzene rings is 1. The number of aromatic nitrogens is 2. The molecule has 1 N–H and O–H groups in total. The summed E-state index contributed by atoms with van der Waals surface area (Å²) in [5.41, 5.74) is 0.675. The molecule has 0 atom stereocenters. The van der Waals surface area contributed by atoms with Gasteiger partial charge in [0, 0.05) is 32.5 Å². The van der Waals surface area contributed by atoms with E-state index in [-0.39, 0.29) is 24.2 Å². The smallest absolute Gasteiger partial charge is 0.317 e. The number of halogens is 1. The maximum atomic E-state index is 13.7. The monoisotopic (exact) mass is 350 g/mol. The number of urea groups is 1. The molecule has 0 bridgehead atoms. The number of hydrogen-bond donors (Lipinski definition) is 1. The number of carbonyl (C=O) groups excluding carboxylic acids is 1. The molecule has 8 heteroatoms. The van der Waals surface area contributed by atoms with Crippen LogP contribution in [0.3, 0.4) is 0 Å². The third-order valence-electron chi connectivity index (χ3n) is 3.60. The molecule has 0 aliphatic heterocycles. The first-order chi connectivity index (χ1) is 11.9. The van der Waals surface area contributed by atoms with Crippen LogP contribution in [0.4, 0.5) is 9.18 Å². The summed E-state index contributed by atoms with van der Waals surface area (Å²) in [5, 5.41) is 6.64. The predicted octanol–water partition coefficient (Wildman–Crippen LogP) is 2.72. The molecule has 0 spiro atoms. The molecule has 1 aromatic carbocycles. The molecule has 1 aromatic heterocycles. The lowest BCUT2D eigenvalue weighted by Crippen LogP contribution is -2.37. The SMILES string of the molecule is COc1ccc(CN(C)C(=O)NCCc2nc(C(C)C)no2)cc1F. The van der Waals surface area contributed by atoms with E-state index in [0.717, 1.165) is 0 Å². The zero-order valence-electron chi connectivity index (χ0n) is 14.9. The van der Waals surface area contributed by atoms with E-state index in [1.165, 1.54) is 24.1 Å². The average Bonchev–Trinajstić information content (AvgIpc) is 3.04. The molecular weight excluding hydrogens is 327 g/mol. The first-order valence-corrected chi connectivity index (χ1v) is 8.04. The van der Waals surface area contributed by atoms with E-state index in [2.05, 4.69) is 15.5 Å². The van der Waals surface area contributed by atoms with Crippen molar-refractivity contribution in [2.75, 3.05) is 20.7 Å². The average molecular weight is 350 g/mol. The third-order valence-corrected chi connectivity index (χ3v) is 3.60. The summed E-state index contributed by atoms with van der Waals surface area (Å²) in [5.74, 6) is 1.06. The molecule has 0 aliphatic carbocycles. The summed E-state index contributed by atoms with van der Waals surface area (Å²) < 4.78 is 23.7. The van der Waals surface area contributed by atoms with Crippen molar-refractivity contribution in [2.24, 2.45) is 0 Å². The summed E-state index contributed by atoms with van der Waals surface area (Å²) in [6.07, 6.45) is 0.455. The Labute approximate surface area is 146 Å². The van der Waals surface area contributed by atoms with Crippen LogP contribution in [-0.2, 0) is 13.0 Å². The molecule has 2 aromatic rings. The van der Waals surface area contributed by atoms with Crippen LogP contribution >= 0.6 is 0 Å². The van der Waals surface area contributed by atoms with Crippen LogP contribution in [0.25, 0.3) is 0 Å². The molecule has 0 aliphatic rings. The van der Waals surface area contributed by atoms with Crippen LogP contribution in [0, 0.1) is 5.82 Å². The third kappa shape index (κ3) is 5.17. The summed E-state index contributed by atoms with van der Waals surface area (Å²) in [6, 6.07) is 4.35. The lowest BCUT2D eigenvalue weighted by molar-refractivity contribution is 0.206. The van der Waals surface area contributed by atoms with E-state index >= 15 is 0 Å². The molecule has 25 heavy (non-hydrogen) atoms. The lowest BCUT2D eigenvalue weighted by atomic mass is 10.2. The molecule has 2 amide bonds. The van der Waals surface area contributed by atoms with Crippen molar-refractivity contribution in [3.8, 4) is 5.75 Å². The minimum atomic E-state index is -0.453. The Morgan fingerprint density at radius 2 is 2.20 bits per heavy atom. The highest BCUT2D eigenvalue weighted by Gasteiger charge is 2.12. The van der Waals surface area contributed by atoms with E-state index in [1.54, 1.807) is 13.1 Å². The fourth-order valence-corrected chi connectivity index (χ4v) is 2.17. The van der Waals surface area contributed by atoms with Crippen LogP contribution in [0.1, 0.15) is 37.0 Å². The van der Waals surface area contributed by atoms with Gasteiger partial charge in [0.1, 0.15) is 0 Å². The maximum Gasteiger partial charge on any atom is 0.317 e. The second-order valence-corrected chi connectivity index (χ2v) is 6.01. The number of methoxy groups -OCH3 is 1. The Balaban J connectivity index is 1.80. The second kappa shape index (κ2) is 8.46. The standard InChI is InChI=1S/C17H23FN4O3/c1-11(2)16-20-15(25-21-16)7-8-19-17(23)22(3)10-12-5-6-14(24-4)13(18)9-12/h5-6,9,11H,7-8,10H2,1-4H3,(H,19,23). The van der Waals surface area contributed by atoms with Crippen molar-refractivity contribution >= 4 is 6.03 Å². The minimum absolute atomic E-state index is 0.177. The zero-order valence-corrected chi connectivity index (χ0v) is 14.9. The van der Waals surface area contributed by atoms with Gasteiger partial charge in [-0.3, -0.25) is 0 Å². The Morgan fingerprint density at radius 1 is 1.44 bits per heavy atom. The molecular formula is C17H23FN4O3. The van der Waals surface area contributed by atoms with Crippen LogP contribution in [0.2, 0.25) is 0 Å². The summed E-state index contributed by atoms with van der Waals surface area (Å²) >= 11 is 0. The maximum absolute atomic E-state index is 13.7. The highest BCUT2D eigenvalue weighted by atomic mass is 19.1. The van der Waals surface area contributed by atoms with Gasteiger partial charge in [-0.2, -0.15) is 4.98 Å². The van der Waals surface area contributed by atoms with E-state index < -0.39 is 5.82 Å². The van der Waals surface area contributed by atoms with Crippen molar-refractivity contribution in [1.82, 2.24) is 20.4 Å². The predicted molar refractivity (Wildman–Crippen MR) is 89.9 cm³/mol. The number of carbonyl (C=O) groups is 1. The van der Waals surface area contributed by atoms with Crippen molar-refractivity contribution < 1.29 is 18.4 Å². The van der Waals surface area contributed by atoms with Crippen molar-refractivity contribution in [2.45, 2.75) is 32.7 Å². The number of amides is 2. The number of nitrogens with zero attached hydrogens (tertiary/aromatic N) is 3. The number of ether oxygens (including phenoxy) is 1. The molecule has 1 heterocycles. The normalized spacial score (nSPS) is 10.8. The highest BCUT2D eigenvalue weighted by Crippen LogP contribution is 2.18. The molecule has 2 rings (SSSR count). The van der Waals surface area contributed by atoms with Crippen LogP contribution in [0.5, 0.6) is 5.75 Å². The van der Waals surface area contributed by atoms with E-state index in [1.807, 2.05) is 13.8 Å². The molecule has 7 nitrogen and oxygen atoms in total. The Kier molecular flexibility index (Phi) is 6.32. The molecule has 0 saturated carbocycles. The van der Waals surface area contributed by atoms with Gasteiger partial charge in [0.15, 0.2) is 17.4 Å². The fraction of sp³-hybridized carbons (Fsp3) is 0.471. The van der Waals surface area contributed by atoms with Gasteiger partial charge in [0.05, 0.1) is 7.11 Å². The quantitative estimate of drug-likeness (QED) is 0.830. The topological polar surface area (TPSA) is 80.5 Å². The first kappa shape index (κ1) is 18.7. The Hall–Kier alpha value is -2.64.